The molecule has 0 aliphatic carbocycles. The molecule has 28 heavy (non-hydrogen) atoms. The molecule has 7 heteroatoms. The van der Waals surface area contributed by atoms with Gasteiger partial charge in [-0.2, -0.15) is 0 Å². The Hall–Kier alpha value is -2.12. The van der Waals surface area contributed by atoms with E-state index in [1.807, 2.05) is 37.3 Å². The van der Waals surface area contributed by atoms with E-state index >= 15 is 0 Å². The zero-order valence-corrected chi connectivity index (χ0v) is 18.4. The summed E-state index contributed by atoms with van der Waals surface area (Å²) in [6.07, 6.45) is 0.984. The van der Waals surface area contributed by atoms with Gasteiger partial charge in [-0.15, -0.1) is 21.5 Å². The lowest BCUT2D eigenvalue weighted by molar-refractivity contribution is -0.119. The third-order valence-corrected chi connectivity index (χ3v) is 6.68. The topological polar surface area (TPSA) is 59.8 Å². The fraction of sp³-hybridized carbons (Fsp3) is 0.381. The summed E-state index contributed by atoms with van der Waals surface area (Å²) in [6, 6.07) is 9.96. The van der Waals surface area contributed by atoms with Crippen LogP contribution in [-0.2, 0) is 11.3 Å². The number of amides is 1. The van der Waals surface area contributed by atoms with Gasteiger partial charge in [-0.3, -0.25) is 4.79 Å². The molecule has 148 valence electrons. The maximum atomic E-state index is 12.4. The number of thioether (sulfide) groups is 1. The molecule has 0 radical (unpaired) electrons. The Morgan fingerprint density at radius 2 is 2.00 bits per heavy atom. The summed E-state index contributed by atoms with van der Waals surface area (Å²) in [5.41, 5.74) is 3.48. The number of rotatable bonds is 8. The highest BCUT2D eigenvalue weighted by molar-refractivity contribution is 7.99. The number of thiophene rings is 1. The number of nitrogens with one attached hydrogen (secondary N) is 1. The van der Waals surface area contributed by atoms with Crippen LogP contribution >= 0.6 is 23.1 Å². The van der Waals surface area contributed by atoms with E-state index < -0.39 is 0 Å². The van der Waals surface area contributed by atoms with Gasteiger partial charge in [-0.25, -0.2) is 0 Å². The standard InChI is InChI=1S/C21H26N4OS2/c1-5-11-25-20(18-12-27-16(4)14(18)2)23-24-21(25)28-13-19(26)22-15(3)17-9-7-6-8-10-17/h6-10,12,15H,5,11,13H2,1-4H3,(H,22,26). The van der Waals surface area contributed by atoms with E-state index in [4.69, 9.17) is 0 Å². The van der Waals surface area contributed by atoms with E-state index in [2.05, 4.69) is 46.2 Å². The summed E-state index contributed by atoms with van der Waals surface area (Å²) in [4.78, 5) is 13.7. The van der Waals surface area contributed by atoms with Crippen molar-refractivity contribution in [2.75, 3.05) is 5.75 Å². The molecule has 1 atom stereocenters. The van der Waals surface area contributed by atoms with Crippen LogP contribution in [0.25, 0.3) is 11.4 Å². The van der Waals surface area contributed by atoms with Gasteiger partial charge >= 0.3 is 0 Å². The minimum Gasteiger partial charge on any atom is -0.349 e. The molecule has 0 fully saturated rings. The number of nitrogens with zero attached hydrogens (tertiary/aromatic N) is 3. The van der Waals surface area contributed by atoms with Gasteiger partial charge in [0.25, 0.3) is 0 Å². The lowest BCUT2D eigenvalue weighted by atomic mass is 10.1. The summed E-state index contributed by atoms with van der Waals surface area (Å²) in [7, 11) is 0. The molecule has 0 bridgehead atoms. The SMILES string of the molecule is CCCn1c(SCC(=O)NC(C)c2ccccc2)nnc1-c1csc(C)c1C. The van der Waals surface area contributed by atoms with Crippen molar-refractivity contribution in [3.8, 4) is 11.4 Å². The Kier molecular flexibility index (Phi) is 6.91. The zero-order chi connectivity index (χ0) is 20.1. The van der Waals surface area contributed by atoms with E-state index in [1.54, 1.807) is 11.3 Å². The Morgan fingerprint density at radius 3 is 2.64 bits per heavy atom. The van der Waals surface area contributed by atoms with Crippen LogP contribution in [0.4, 0.5) is 0 Å². The predicted molar refractivity (Wildman–Crippen MR) is 117 cm³/mol. The highest BCUT2D eigenvalue weighted by Crippen LogP contribution is 2.31. The number of carbonyl (C=O) groups excluding carboxylic acids is 1. The molecule has 2 heterocycles. The first kappa shape index (κ1) is 20.6. The number of benzene rings is 1. The molecule has 1 aromatic carbocycles. The predicted octanol–water partition coefficient (Wildman–Crippen LogP) is 5.00. The molecule has 0 aliphatic heterocycles. The van der Waals surface area contributed by atoms with Crippen molar-refractivity contribution in [1.29, 1.82) is 0 Å². The molecule has 0 saturated carbocycles. The smallest absolute Gasteiger partial charge is 0.230 e. The lowest BCUT2D eigenvalue weighted by Gasteiger charge is -2.14. The monoisotopic (exact) mass is 414 g/mol. The fourth-order valence-corrected chi connectivity index (χ4v) is 4.63. The number of aromatic nitrogens is 3. The van der Waals surface area contributed by atoms with Crippen molar-refractivity contribution in [3.63, 3.8) is 0 Å². The van der Waals surface area contributed by atoms with Crippen molar-refractivity contribution in [2.24, 2.45) is 0 Å². The summed E-state index contributed by atoms with van der Waals surface area (Å²) in [5, 5.41) is 14.8. The fourth-order valence-electron chi connectivity index (χ4n) is 2.99. The van der Waals surface area contributed by atoms with E-state index in [0.29, 0.717) is 5.75 Å². The second kappa shape index (κ2) is 9.39. The molecular formula is C21H26N4OS2. The first-order chi connectivity index (χ1) is 13.5. The molecule has 2 aromatic heterocycles. The van der Waals surface area contributed by atoms with Gasteiger partial charge in [0.2, 0.25) is 5.91 Å². The quantitative estimate of drug-likeness (QED) is 0.527. The highest BCUT2D eigenvalue weighted by atomic mass is 32.2. The third-order valence-electron chi connectivity index (χ3n) is 4.70. The largest absolute Gasteiger partial charge is 0.349 e. The lowest BCUT2D eigenvalue weighted by Crippen LogP contribution is -2.28. The van der Waals surface area contributed by atoms with Crippen LogP contribution in [0, 0.1) is 13.8 Å². The van der Waals surface area contributed by atoms with Gasteiger partial charge in [-0.1, -0.05) is 49.0 Å². The maximum Gasteiger partial charge on any atom is 0.230 e. The van der Waals surface area contributed by atoms with Gasteiger partial charge in [0, 0.05) is 22.4 Å². The Bertz CT molecular complexity index is 933. The van der Waals surface area contributed by atoms with Crippen LogP contribution in [0.1, 0.15) is 42.3 Å². The molecular weight excluding hydrogens is 388 g/mol. The van der Waals surface area contributed by atoms with Gasteiger partial charge in [0.05, 0.1) is 11.8 Å². The first-order valence-corrected chi connectivity index (χ1v) is 11.3. The van der Waals surface area contributed by atoms with Crippen LogP contribution in [0.5, 0.6) is 0 Å². The van der Waals surface area contributed by atoms with Crippen molar-refractivity contribution >= 4 is 29.0 Å². The van der Waals surface area contributed by atoms with E-state index in [-0.39, 0.29) is 11.9 Å². The molecule has 3 rings (SSSR count). The van der Waals surface area contributed by atoms with Crippen molar-refractivity contribution in [2.45, 2.75) is 51.9 Å². The van der Waals surface area contributed by atoms with Crippen LogP contribution in [0.15, 0.2) is 40.9 Å². The zero-order valence-electron chi connectivity index (χ0n) is 16.7. The van der Waals surface area contributed by atoms with Crippen LogP contribution in [0.3, 0.4) is 0 Å². The highest BCUT2D eigenvalue weighted by Gasteiger charge is 2.18. The van der Waals surface area contributed by atoms with Crippen molar-refractivity contribution < 1.29 is 4.79 Å². The van der Waals surface area contributed by atoms with Crippen LogP contribution in [0.2, 0.25) is 0 Å². The van der Waals surface area contributed by atoms with E-state index in [1.165, 1.54) is 22.2 Å². The van der Waals surface area contributed by atoms with Gasteiger partial charge in [-0.05, 0) is 38.3 Å². The van der Waals surface area contributed by atoms with Crippen LogP contribution < -0.4 is 5.32 Å². The van der Waals surface area contributed by atoms with Crippen LogP contribution in [-0.4, -0.2) is 26.4 Å². The number of carbonyl (C=O) groups is 1. The average molecular weight is 415 g/mol. The third kappa shape index (κ3) is 4.64. The number of hydrogen-bond acceptors (Lipinski definition) is 5. The number of aryl methyl sites for hydroxylation is 1. The van der Waals surface area contributed by atoms with Gasteiger partial charge < -0.3 is 9.88 Å². The van der Waals surface area contributed by atoms with Crippen molar-refractivity contribution in [1.82, 2.24) is 20.1 Å². The Morgan fingerprint density at radius 1 is 1.25 bits per heavy atom. The average Bonchev–Trinajstić information content (AvgIpc) is 3.24. The van der Waals surface area contributed by atoms with E-state index in [0.717, 1.165) is 35.1 Å². The Balaban J connectivity index is 1.69. The first-order valence-electron chi connectivity index (χ1n) is 9.46. The molecule has 0 spiro atoms. The molecule has 3 aromatic rings. The van der Waals surface area contributed by atoms with E-state index in [9.17, 15) is 4.79 Å². The molecule has 5 nitrogen and oxygen atoms in total. The molecule has 1 N–H and O–H groups in total. The summed E-state index contributed by atoms with van der Waals surface area (Å²) >= 11 is 3.17. The molecule has 0 aliphatic rings. The maximum absolute atomic E-state index is 12.4. The molecule has 1 unspecified atom stereocenters. The van der Waals surface area contributed by atoms with Gasteiger partial charge in [0.15, 0.2) is 11.0 Å². The minimum atomic E-state index is -0.0187. The van der Waals surface area contributed by atoms with Crippen molar-refractivity contribution in [3.05, 3.63) is 51.7 Å². The summed E-state index contributed by atoms with van der Waals surface area (Å²) in [6.45, 7) is 9.21. The summed E-state index contributed by atoms with van der Waals surface area (Å²) < 4.78 is 2.13. The summed E-state index contributed by atoms with van der Waals surface area (Å²) in [5.74, 6) is 1.21. The Labute approximate surface area is 174 Å². The van der Waals surface area contributed by atoms with Gasteiger partial charge in [0.1, 0.15) is 0 Å². The second-order valence-electron chi connectivity index (χ2n) is 6.78. The normalized spacial score (nSPS) is 12.1. The minimum absolute atomic E-state index is 0.00323. The number of hydrogen-bond donors (Lipinski definition) is 1. The molecule has 1 amide bonds. The second-order valence-corrected chi connectivity index (χ2v) is 8.80. The molecule has 0 saturated heterocycles.